The van der Waals surface area contributed by atoms with Gasteiger partial charge >= 0.3 is 0 Å². The van der Waals surface area contributed by atoms with Crippen LogP contribution in [-0.2, 0) is 20.2 Å². The lowest BCUT2D eigenvalue weighted by molar-refractivity contribution is -0.130. The lowest BCUT2D eigenvalue weighted by Gasteiger charge is -2.45. The van der Waals surface area contributed by atoms with Crippen LogP contribution in [0.4, 0.5) is 15.8 Å². The van der Waals surface area contributed by atoms with Gasteiger partial charge in [-0.2, -0.15) is 0 Å². The first kappa shape index (κ1) is 25.0. The summed E-state index contributed by atoms with van der Waals surface area (Å²) in [6, 6.07) is 9.99. The number of amides is 2. The Kier molecular flexibility index (Phi) is 6.03. The first-order valence-electron chi connectivity index (χ1n) is 12.6. The number of fused-ring (bicyclic) bond motifs is 2. The van der Waals surface area contributed by atoms with Gasteiger partial charge in [-0.25, -0.2) is 17.2 Å². The molecular formula is C27H27FN4O4S2. The monoisotopic (exact) mass is 554 g/mol. The van der Waals surface area contributed by atoms with Crippen LogP contribution in [-0.4, -0.2) is 48.6 Å². The minimum absolute atomic E-state index is 0.00205. The van der Waals surface area contributed by atoms with E-state index in [0.29, 0.717) is 42.9 Å². The Morgan fingerprint density at radius 1 is 1.11 bits per heavy atom. The Bertz CT molecular complexity index is 1500. The molecule has 8 nitrogen and oxygen atoms in total. The molecule has 1 unspecified atom stereocenters. The molecule has 38 heavy (non-hydrogen) atoms. The van der Waals surface area contributed by atoms with Gasteiger partial charge in [0, 0.05) is 36.5 Å². The molecule has 2 aliphatic heterocycles. The quantitative estimate of drug-likeness (QED) is 0.504. The van der Waals surface area contributed by atoms with Crippen LogP contribution in [0, 0.1) is 11.7 Å². The number of aromatic nitrogens is 1. The Morgan fingerprint density at radius 3 is 2.42 bits per heavy atom. The highest BCUT2D eigenvalue weighted by Crippen LogP contribution is 2.59. The van der Waals surface area contributed by atoms with Crippen LogP contribution < -0.4 is 9.62 Å². The minimum Gasteiger partial charge on any atom is -0.343 e. The van der Waals surface area contributed by atoms with Crippen LogP contribution in [0.5, 0.6) is 0 Å². The van der Waals surface area contributed by atoms with Crippen LogP contribution in [0.3, 0.4) is 0 Å². The molecule has 1 spiro atoms. The number of nitrogens with one attached hydrogen (secondary N) is 1. The van der Waals surface area contributed by atoms with E-state index in [1.807, 2.05) is 6.07 Å². The number of anilines is 2. The molecule has 0 radical (unpaired) electrons. The molecule has 2 amide bonds. The van der Waals surface area contributed by atoms with Crippen molar-refractivity contribution < 1.29 is 22.4 Å². The van der Waals surface area contributed by atoms with E-state index in [1.165, 1.54) is 29.9 Å². The third kappa shape index (κ3) is 4.08. The second kappa shape index (κ2) is 9.16. The zero-order valence-corrected chi connectivity index (χ0v) is 22.4. The van der Waals surface area contributed by atoms with Crippen LogP contribution in [0.2, 0.25) is 0 Å². The van der Waals surface area contributed by atoms with Gasteiger partial charge in [0.15, 0.2) is 0 Å². The second-order valence-corrected chi connectivity index (χ2v) is 12.8. The number of sulfonamides is 1. The number of benzene rings is 2. The van der Waals surface area contributed by atoms with E-state index in [9.17, 15) is 22.4 Å². The number of carbonyl (C=O) groups excluding carboxylic acids is 2. The summed E-state index contributed by atoms with van der Waals surface area (Å²) in [6.45, 7) is 2.61. The van der Waals surface area contributed by atoms with Crippen LogP contribution >= 0.6 is 11.5 Å². The average Bonchev–Trinajstić information content (AvgIpc) is 3.49. The summed E-state index contributed by atoms with van der Waals surface area (Å²) >= 11 is 1.19. The van der Waals surface area contributed by atoms with Gasteiger partial charge in [-0.05, 0) is 91.2 Å². The highest BCUT2D eigenvalue weighted by atomic mass is 32.2. The van der Waals surface area contributed by atoms with Crippen molar-refractivity contribution in [1.82, 2.24) is 9.27 Å². The highest BCUT2D eigenvalue weighted by Gasteiger charge is 2.60. The first-order valence-corrected chi connectivity index (χ1v) is 14.9. The summed E-state index contributed by atoms with van der Waals surface area (Å²) in [6.07, 6.45) is 4.57. The molecule has 2 fully saturated rings. The molecule has 198 valence electrons. The van der Waals surface area contributed by atoms with Crippen molar-refractivity contribution in [3.8, 4) is 0 Å². The molecule has 1 atom stereocenters. The van der Waals surface area contributed by atoms with E-state index in [1.54, 1.807) is 33.6 Å². The number of halogens is 1. The zero-order chi connectivity index (χ0) is 26.7. The van der Waals surface area contributed by atoms with Gasteiger partial charge in [0.2, 0.25) is 5.91 Å². The average molecular weight is 555 g/mol. The van der Waals surface area contributed by atoms with Crippen molar-refractivity contribution >= 4 is 44.7 Å². The molecule has 1 saturated carbocycles. The maximum atomic E-state index is 14.1. The summed E-state index contributed by atoms with van der Waals surface area (Å²) in [5.74, 6) is -0.607. The fourth-order valence-electron chi connectivity index (χ4n) is 6.10. The van der Waals surface area contributed by atoms with E-state index < -0.39 is 21.3 Å². The molecule has 1 saturated heterocycles. The molecule has 1 N–H and O–H groups in total. The highest BCUT2D eigenvalue weighted by molar-refractivity contribution is 7.92. The number of piperidine rings is 1. The standard InChI is InChI=1S/C27H27FN4O4S2/c1-17(33)31-12-10-27(11-13-31)23-14-21(30-26(34)19-15-29-37-16-19)6-9-24(23)32(25(27)18-2-3-18)38(35,36)22-7-4-20(28)5-8-22/h4-9,14-16,18,25H,2-3,10-13H2,1H3,(H,30,34). The summed E-state index contributed by atoms with van der Waals surface area (Å²) in [5.41, 5.74) is 1.96. The number of rotatable bonds is 5. The van der Waals surface area contributed by atoms with E-state index in [4.69, 9.17) is 0 Å². The fraction of sp³-hybridized carbons (Fsp3) is 0.370. The second-order valence-electron chi connectivity index (χ2n) is 10.3. The molecule has 1 aromatic heterocycles. The van der Waals surface area contributed by atoms with Crippen LogP contribution in [0.15, 0.2) is 58.9 Å². The fourth-order valence-corrected chi connectivity index (χ4v) is 8.41. The van der Waals surface area contributed by atoms with Gasteiger partial charge in [-0.3, -0.25) is 13.9 Å². The summed E-state index contributed by atoms with van der Waals surface area (Å²) < 4.78 is 47.5. The first-order chi connectivity index (χ1) is 18.2. The SMILES string of the molecule is CC(=O)N1CCC2(CC1)c1cc(NC(=O)c3cnsc3)ccc1N(S(=O)(=O)c1ccc(F)cc1)C2C1CC1. The number of hydrogen-bond acceptors (Lipinski definition) is 6. The Hall–Kier alpha value is -3.31. The minimum atomic E-state index is -4.01. The van der Waals surface area contributed by atoms with Gasteiger partial charge in [-0.15, -0.1) is 0 Å². The van der Waals surface area contributed by atoms with Crippen LogP contribution in [0.25, 0.3) is 0 Å². The Morgan fingerprint density at radius 2 is 1.82 bits per heavy atom. The number of carbonyl (C=O) groups is 2. The predicted molar refractivity (Wildman–Crippen MR) is 142 cm³/mol. The molecule has 3 aliphatic rings. The maximum Gasteiger partial charge on any atom is 0.264 e. The lowest BCUT2D eigenvalue weighted by atomic mass is 9.68. The number of nitrogens with zero attached hydrogens (tertiary/aromatic N) is 3. The van der Waals surface area contributed by atoms with E-state index in [0.717, 1.165) is 30.5 Å². The topological polar surface area (TPSA) is 99.7 Å². The molecule has 2 aromatic carbocycles. The normalized spacial score (nSPS) is 20.4. The van der Waals surface area contributed by atoms with Crippen molar-refractivity contribution in [2.24, 2.45) is 5.92 Å². The maximum absolute atomic E-state index is 14.1. The molecule has 1 aliphatic carbocycles. The summed E-state index contributed by atoms with van der Waals surface area (Å²) in [5, 5.41) is 4.60. The molecule has 0 bridgehead atoms. The van der Waals surface area contributed by atoms with E-state index >= 15 is 0 Å². The van der Waals surface area contributed by atoms with Gasteiger partial charge in [-0.1, -0.05) is 0 Å². The van der Waals surface area contributed by atoms with Crippen molar-refractivity contribution in [3.63, 3.8) is 0 Å². The van der Waals surface area contributed by atoms with Gasteiger partial charge < -0.3 is 10.2 Å². The molecule has 6 rings (SSSR count). The van der Waals surface area contributed by atoms with Gasteiger partial charge in [0.25, 0.3) is 15.9 Å². The van der Waals surface area contributed by atoms with E-state index in [2.05, 4.69) is 9.69 Å². The summed E-state index contributed by atoms with van der Waals surface area (Å²) in [7, 11) is -4.01. The van der Waals surface area contributed by atoms with Crippen molar-refractivity contribution in [1.29, 1.82) is 0 Å². The number of likely N-dealkylation sites (tertiary alicyclic amines) is 1. The van der Waals surface area contributed by atoms with Crippen molar-refractivity contribution in [2.45, 2.75) is 49.0 Å². The molecule has 3 heterocycles. The smallest absolute Gasteiger partial charge is 0.264 e. The van der Waals surface area contributed by atoms with Gasteiger partial charge in [0.05, 0.1) is 28.4 Å². The van der Waals surface area contributed by atoms with Crippen molar-refractivity contribution in [2.75, 3.05) is 22.7 Å². The largest absolute Gasteiger partial charge is 0.343 e. The molecular weight excluding hydrogens is 527 g/mol. The third-order valence-electron chi connectivity index (χ3n) is 8.08. The Labute approximate surface area is 224 Å². The van der Waals surface area contributed by atoms with Crippen LogP contribution in [0.1, 0.15) is 48.5 Å². The lowest BCUT2D eigenvalue weighted by Crippen LogP contribution is -2.54. The Balaban J connectivity index is 1.47. The van der Waals surface area contributed by atoms with Crippen molar-refractivity contribution in [3.05, 3.63) is 71.0 Å². The van der Waals surface area contributed by atoms with Gasteiger partial charge in [0.1, 0.15) is 5.82 Å². The molecule has 11 heteroatoms. The molecule has 3 aromatic rings. The van der Waals surface area contributed by atoms with E-state index in [-0.39, 0.29) is 28.7 Å². The third-order valence-corrected chi connectivity index (χ3v) is 10.5. The summed E-state index contributed by atoms with van der Waals surface area (Å²) in [4.78, 5) is 26.7. The zero-order valence-electron chi connectivity index (χ0n) is 20.8. The predicted octanol–water partition coefficient (Wildman–Crippen LogP) is 4.40. The number of hydrogen-bond donors (Lipinski definition) is 1.